The summed E-state index contributed by atoms with van der Waals surface area (Å²) < 4.78 is 4.96. The zero-order chi connectivity index (χ0) is 11.0. The van der Waals surface area contributed by atoms with Crippen molar-refractivity contribution in [2.45, 2.75) is 33.6 Å². The van der Waals surface area contributed by atoms with Gasteiger partial charge in [0.2, 0.25) is 0 Å². The van der Waals surface area contributed by atoms with E-state index in [9.17, 15) is 4.79 Å². The third-order valence-corrected chi connectivity index (χ3v) is 2.13. The first-order valence-corrected chi connectivity index (χ1v) is 6.16. The molecule has 0 aromatic rings. The summed E-state index contributed by atoms with van der Waals surface area (Å²) in [7, 11) is 0. The molecule has 0 heterocycles. The topological polar surface area (TPSA) is 26.3 Å². The summed E-state index contributed by atoms with van der Waals surface area (Å²) in [5.74, 6) is 0.405. The second-order valence-electron chi connectivity index (χ2n) is 3.52. The number of hydrogen-bond acceptors (Lipinski definition) is 2. The van der Waals surface area contributed by atoms with E-state index in [1.165, 1.54) is 0 Å². The fourth-order valence-electron chi connectivity index (χ4n) is 0.991. The lowest BCUT2D eigenvalue weighted by atomic mass is 10.1. The van der Waals surface area contributed by atoms with Crippen LogP contribution in [0.5, 0.6) is 0 Å². The fraction of sp³-hybridized carbons (Fsp3) is 0.727. The number of carbonyl (C=O) groups excluding carboxylic acids is 1. The Labute approximate surface area is 94.8 Å². The molecule has 0 bridgehead atoms. The van der Waals surface area contributed by atoms with Crippen molar-refractivity contribution in [2.75, 3.05) is 11.9 Å². The highest BCUT2D eigenvalue weighted by Crippen LogP contribution is 2.11. The predicted octanol–water partition coefficient (Wildman–Crippen LogP) is 3.31. The first kappa shape index (κ1) is 13.7. The Hall–Kier alpha value is -0.310. The van der Waals surface area contributed by atoms with E-state index in [0.29, 0.717) is 12.5 Å². The van der Waals surface area contributed by atoms with E-state index in [0.717, 1.165) is 23.7 Å². The molecule has 0 atom stereocenters. The normalized spacial score (nSPS) is 11.9. The molecule has 0 aliphatic carbocycles. The zero-order valence-corrected chi connectivity index (χ0v) is 10.8. The van der Waals surface area contributed by atoms with Gasteiger partial charge in [0.15, 0.2) is 0 Å². The number of hydrogen-bond donors (Lipinski definition) is 0. The van der Waals surface area contributed by atoms with Gasteiger partial charge in [-0.25, -0.2) is 4.79 Å². The first-order chi connectivity index (χ1) is 6.61. The Morgan fingerprint density at radius 1 is 1.50 bits per heavy atom. The highest BCUT2D eigenvalue weighted by atomic mass is 79.9. The molecule has 82 valence electrons. The highest BCUT2D eigenvalue weighted by Gasteiger charge is 2.09. The molecule has 0 radical (unpaired) electrons. The molecule has 0 saturated heterocycles. The molecule has 3 heteroatoms. The van der Waals surface area contributed by atoms with E-state index >= 15 is 0 Å². The molecule has 0 aliphatic heterocycles. The predicted molar refractivity (Wildman–Crippen MR) is 62.6 cm³/mol. The summed E-state index contributed by atoms with van der Waals surface area (Å²) in [6.07, 6.45) is 3.66. The van der Waals surface area contributed by atoms with Gasteiger partial charge in [-0.2, -0.15) is 0 Å². The third kappa shape index (κ3) is 6.19. The van der Waals surface area contributed by atoms with Gasteiger partial charge in [-0.3, -0.25) is 0 Å². The number of alkyl halides is 1. The van der Waals surface area contributed by atoms with Crippen LogP contribution in [0, 0.1) is 5.92 Å². The van der Waals surface area contributed by atoms with Crippen LogP contribution in [0.3, 0.4) is 0 Å². The van der Waals surface area contributed by atoms with Gasteiger partial charge in [0.1, 0.15) is 0 Å². The van der Waals surface area contributed by atoms with Gasteiger partial charge in [0.25, 0.3) is 0 Å². The Kier molecular flexibility index (Phi) is 7.86. The summed E-state index contributed by atoms with van der Waals surface area (Å²) in [4.78, 5) is 11.4. The van der Waals surface area contributed by atoms with E-state index < -0.39 is 0 Å². The number of ether oxygens (including phenoxy) is 1. The SMILES string of the molecule is CCOC(=O)C(=CCC(C)C)CCBr. The van der Waals surface area contributed by atoms with Crippen molar-refractivity contribution >= 4 is 21.9 Å². The number of carbonyl (C=O) groups is 1. The van der Waals surface area contributed by atoms with Gasteiger partial charge >= 0.3 is 5.97 Å². The van der Waals surface area contributed by atoms with Crippen LogP contribution in [0.25, 0.3) is 0 Å². The van der Waals surface area contributed by atoms with Crippen molar-refractivity contribution < 1.29 is 9.53 Å². The molecule has 0 unspecified atom stereocenters. The maximum absolute atomic E-state index is 11.4. The molecule has 0 spiro atoms. The Balaban J connectivity index is 4.25. The maximum Gasteiger partial charge on any atom is 0.333 e. The molecule has 0 aromatic carbocycles. The molecule has 0 N–H and O–H groups in total. The van der Waals surface area contributed by atoms with Gasteiger partial charge in [0.05, 0.1) is 6.61 Å². The molecule has 14 heavy (non-hydrogen) atoms. The Bertz CT molecular complexity index is 197. The highest BCUT2D eigenvalue weighted by molar-refractivity contribution is 9.09. The summed E-state index contributed by atoms with van der Waals surface area (Å²) in [6, 6.07) is 0. The lowest BCUT2D eigenvalue weighted by molar-refractivity contribution is -0.138. The van der Waals surface area contributed by atoms with Gasteiger partial charge < -0.3 is 4.74 Å². The zero-order valence-electron chi connectivity index (χ0n) is 9.18. The number of halogens is 1. The van der Waals surface area contributed by atoms with Crippen molar-refractivity contribution in [3.05, 3.63) is 11.6 Å². The van der Waals surface area contributed by atoms with E-state index in [-0.39, 0.29) is 5.97 Å². The Morgan fingerprint density at radius 2 is 2.14 bits per heavy atom. The number of allylic oxidation sites excluding steroid dienone is 1. The maximum atomic E-state index is 11.4. The average molecular weight is 263 g/mol. The standard InChI is InChI=1S/C11H19BrO2/c1-4-14-11(13)10(7-8-12)6-5-9(2)3/h6,9H,4-5,7-8H2,1-3H3. The largest absolute Gasteiger partial charge is 0.463 e. The van der Waals surface area contributed by atoms with Crippen molar-refractivity contribution in [2.24, 2.45) is 5.92 Å². The van der Waals surface area contributed by atoms with Crippen molar-refractivity contribution in [1.82, 2.24) is 0 Å². The van der Waals surface area contributed by atoms with Gasteiger partial charge in [-0.05, 0) is 25.7 Å². The minimum atomic E-state index is -0.174. The van der Waals surface area contributed by atoms with E-state index in [4.69, 9.17) is 4.74 Å². The lowest BCUT2D eigenvalue weighted by Crippen LogP contribution is -2.08. The van der Waals surface area contributed by atoms with Crippen LogP contribution in [-0.2, 0) is 9.53 Å². The van der Waals surface area contributed by atoms with Crippen molar-refractivity contribution in [3.63, 3.8) is 0 Å². The molecule has 0 aliphatic rings. The molecular formula is C11H19BrO2. The Morgan fingerprint density at radius 3 is 2.57 bits per heavy atom. The van der Waals surface area contributed by atoms with E-state index in [2.05, 4.69) is 29.8 Å². The van der Waals surface area contributed by atoms with Crippen molar-refractivity contribution in [3.8, 4) is 0 Å². The van der Waals surface area contributed by atoms with E-state index in [1.807, 2.05) is 13.0 Å². The van der Waals surface area contributed by atoms with E-state index in [1.54, 1.807) is 0 Å². The molecule has 0 aromatic heterocycles. The molecular weight excluding hydrogens is 244 g/mol. The molecule has 2 nitrogen and oxygen atoms in total. The second kappa shape index (κ2) is 8.04. The average Bonchev–Trinajstić information content (AvgIpc) is 2.12. The molecule has 0 rings (SSSR count). The second-order valence-corrected chi connectivity index (χ2v) is 4.31. The fourth-order valence-corrected chi connectivity index (χ4v) is 1.42. The smallest absolute Gasteiger partial charge is 0.333 e. The third-order valence-electron chi connectivity index (χ3n) is 1.74. The van der Waals surface area contributed by atoms with Gasteiger partial charge in [0, 0.05) is 10.9 Å². The molecule has 0 amide bonds. The van der Waals surface area contributed by atoms with Crippen LogP contribution in [0.2, 0.25) is 0 Å². The monoisotopic (exact) mass is 262 g/mol. The van der Waals surface area contributed by atoms with Crippen LogP contribution < -0.4 is 0 Å². The van der Waals surface area contributed by atoms with Crippen LogP contribution in [0.4, 0.5) is 0 Å². The van der Waals surface area contributed by atoms with Gasteiger partial charge in [-0.1, -0.05) is 35.9 Å². The van der Waals surface area contributed by atoms with Crippen LogP contribution in [-0.4, -0.2) is 17.9 Å². The summed E-state index contributed by atoms with van der Waals surface area (Å²) in [5, 5.41) is 0.801. The number of rotatable bonds is 6. The lowest BCUT2D eigenvalue weighted by Gasteiger charge is -2.06. The quantitative estimate of drug-likeness (QED) is 0.417. The van der Waals surface area contributed by atoms with Crippen LogP contribution in [0.1, 0.15) is 33.6 Å². The first-order valence-electron chi connectivity index (χ1n) is 5.03. The van der Waals surface area contributed by atoms with Crippen molar-refractivity contribution in [1.29, 1.82) is 0 Å². The molecule has 0 saturated carbocycles. The van der Waals surface area contributed by atoms with Crippen LogP contribution in [0.15, 0.2) is 11.6 Å². The summed E-state index contributed by atoms with van der Waals surface area (Å²) in [5.41, 5.74) is 0.789. The number of esters is 1. The minimum Gasteiger partial charge on any atom is -0.463 e. The van der Waals surface area contributed by atoms with Crippen LogP contribution >= 0.6 is 15.9 Å². The minimum absolute atomic E-state index is 0.174. The van der Waals surface area contributed by atoms with Gasteiger partial charge in [-0.15, -0.1) is 0 Å². The summed E-state index contributed by atoms with van der Waals surface area (Å²) >= 11 is 3.33. The summed E-state index contributed by atoms with van der Waals surface area (Å²) in [6.45, 7) is 6.53. The molecule has 0 fully saturated rings.